The summed E-state index contributed by atoms with van der Waals surface area (Å²) in [5.74, 6) is -2.40. The minimum atomic E-state index is -1.00. The van der Waals surface area contributed by atoms with Gasteiger partial charge in [-0.1, -0.05) is 6.92 Å². The number of carbonyl (C=O) groups is 1. The van der Waals surface area contributed by atoms with E-state index in [9.17, 15) is 13.6 Å². The summed E-state index contributed by atoms with van der Waals surface area (Å²) in [6.45, 7) is 3.13. The zero-order valence-electron chi connectivity index (χ0n) is 14.1. The van der Waals surface area contributed by atoms with Crippen molar-refractivity contribution in [3.63, 3.8) is 0 Å². The highest BCUT2D eigenvalue weighted by atomic mass is 19.2. The highest BCUT2D eigenvalue weighted by molar-refractivity contribution is 6.03. The quantitative estimate of drug-likeness (QED) is 0.894. The third-order valence-electron chi connectivity index (χ3n) is 4.58. The first-order valence-electron chi connectivity index (χ1n) is 8.57. The van der Waals surface area contributed by atoms with Crippen LogP contribution in [0.15, 0.2) is 36.5 Å². The number of carbonyl (C=O) groups excluding carboxylic acids is 1. The molecule has 0 spiro atoms. The lowest BCUT2D eigenvalue weighted by Gasteiger charge is -2.37. The molecule has 3 rings (SSSR count). The Labute approximate surface area is 145 Å². The number of anilines is 2. The monoisotopic (exact) mass is 345 g/mol. The van der Waals surface area contributed by atoms with Crippen molar-refractivity contribution in [2.24, 2.45) is 0 Å². The van der Waals surface area contributed by atoms with E-state index in [1.807, 2.05) is 6.07 Å². The average Bonchev–Trinajstić information content (AvgIpc) is 2.64. The smallest absolute Gasteiger partial charge is 0.274 e. The molecule has 1 amide bonds. The molecule has 0 bridgehead atoms. The number of piperidine rings is 1. The molecule has 25 heavy (non-hydrogen) atoms. The Bertz CT molecular complexity index is 766. The maximum atomic E-state index is 13.3. The summed E-state index contributed by atoms with van der Waals surface area (Å²) in [4.78, 5) is 18.8. The molecule has 1 aliphatic rings. The van der Waals surface area contributed by atoms with Gasteiger partial charge in [-0.05, 0) is 49.9 Å². The van der Waals surface area contributed by atoms with Gasteiger partial charge in [0.2, 0.25) is 0 Å². The van der Waals surface area contributed by atoms with Crippen LogP contribution >= 0.6 is 0 Å². The zero-order valence-corrected chi connectivity index (χ0v) is 14.1. The number of hydrogen-bond donors (Lipinski definition) is 1. The molecule has 1 aromatic carbocycles. The first-order valence-corrected chi connectivity index (χ1v) is 8.57. The van der Waals surface area contributed by atoms with Crippen LogP contribution in [-0.4, -0.2) is 23.5 Å². The lowest BCUT2D eigenvalue weighted by Crippen LogP contribution is -2.39. The maximum Gasteiger partial charge on any atom is 0.274 e. The highest BCUT2D eigenvalue weighted by Gasteiger charge is 2.22. The number of hydrogen-bond acceptors (Lipinski definition) is 3. The number of rotatable bonds is 4. The van der Waals surface area contributed by atoms with E-state index in [4.69, 9.17) is 0 Å². The zero-order chi connectivity index (χ0) is 17.8. The summed E-state index contributed by atoms with van der Waals surface area (Å²) in [5, 5.41) is 2.55. The van der Waals surface area contributed by atoms with Gasteiger partial charge < -0.3 is 10.2 Å². The molecule has 4 nitrogen and oxygen atoms in total. The first-order chi connectivity index (χ1) is 12.1. The van der Waals surface area contributed by atoms with Crippen LogP contribution in [0, 0.1) is 11.6 Å². The second kappa shape index (κ2) is 7.59. The molecule has 0 aliphatic carbocycles. The molecule has 1 atom stereocenters. The Hall–Kier alpha value is -2.50. The van der Waals surface area contributed by atoms with Crippen molar-refractivity contribution in [2.45, 2.75) is 38.6 Å². The van der Waals surface area contributed by atoms with Crippen molar-refractivity contribution in [1.29, 1.82) is 0 Å². The van der Waals surface area contributed by atoms with Crippen molar-refractivity contribution in [3.05, 3.63) is 53.9 Å². The standard InChI is InChI=1S/C19H21F2N3O/c1-2-14-5-3-4-10-24(14)15-8-9-22-18(12-15)19(25)23-13-6-7-16(20)17(21)11-13/h6-9,11-12,14H,2-5,10H2,1H3,(H,23,25). The van der Waals surface area contributed by atoms with Gasteiger partial charge in [0.15, 0.2) is 11.6 Å². The Balaban J connectivity index is 1.78. The third kappa shape index (κ3) is 3.95. The second-order valence-corrected chi connectivity index (χ2v) is 6.23. The van der Waals surface area contributed by atoms with Gasteiger partial charge >= 0.3 is 0 Å². The van der Waals surface area contributed by atoms with Crippen molar-refractivity contribution < 1.29 is 13.6 Å². The van der Waals surface area contributed by atoms with E-state index in [-0.39, 0.29) is 11.4 Å². The summed E-state index contributed by atoms with van der Waals surface area (Å²) < 4.78 is 26.3. The van der Waals surface area contributed by atoms with E-state index in [0.717, 1.165) is 43.6 Å². The van der Waals surface area contributed by atoms with Crippen LogP contribution in [0.3, 0.4) is 0 Å². The van der Waals surface area contributed by atoms with Gasteiger partial charge in [0.1, 0.15) is 5.69 Å². The number of halogens is 2. The predicted octanol–water partition coefficient (Wildman–Crippen LogP) is 4.38. The van der Waals surface area contributed by atoms with Crippen LogP contribution in [0.5, 0.6) is 0 Å². The minimum Gasteiger partial charge on any atom is -0.368 e. The predicted molar refractivity (Wildman–Crippen MR) is 93.8 cm³/mol. The van der Waals surface area contributed by atoms with Crippen LogP contribution < -0.4 is 10.2 Å². The highest BCUT2D eigenvalue weighted by Crippen LogP contribution is 2.26. The number of nitrogens with one attached hydrogen (secondary N) is 1. The Kier molecular flexibility index (Phi) is 5.26. The van der Waals surface area contributed by atoms with Crippen molar-refractivity contribution in [1.82, 2.24) is 4.98 Å². The van der Waals surface area contributed by atoms with Crippen molar-refractivity contribution in [2.75, 3.05) is 16.8 Å². The fourth-order valence-electron chi connectivity index (χ4n) is 3.26. The largest absolute Gasteiger partial charge is 0.368 e. The average molecular weight is 345 g/mol. The van der Waals surface area contributed by atoms with E-state index >= 15 is 0 Å². The number of amides is 1. The van der Waals surface area contributed by atoms with Gasteiger partial charge in [0.05, 0.1) is 0 Å². The molecule has 1 aromatic heterocycles. The van der Waals surface area contributed by atoms with Crippen LogP contribution in [0.1, 0.15) is 43.1 Å². The molecule has 2 heterocycles. The molecule has 1 fully saturated rings. The summed E-state index contributed by atoms with van der Waals surface area (Å²) in [7, 11) is 0. The normalized spacial score (nSPS) is 17.4. The molecule has 1 aliphatic heterocycles. The van der Waals surface area contributed by atoms with Crippen molar-refractivity contribution >= 4 is 17.3 Å². The van der Waals surface area contributed by atoms with Gasteiger partial charge in [0, 0.05) is 36.2 Å². The molecule has 1 N–H and O–H groups in total. The van der Waals surface area contributed by atoms with Crippen molar-refractivity contribution in [3.8, 4) is 0 Å². The van der Waals surface area contributed by atoms with Gasteiger partial charge in [-0.25, -0.2) is 8.78 Å². The van der Waals surface area contributed by atoms with E-state index in [2.05, 4.69) is 22.1 Å². The van der Waals surface area contributed by atoms with E-state index in [1.54, 1.807) is 12.3 Å². The first kappa shape index (κ1) is 17.3. The number of pyridine rings is 1. The Morgan fingerprint density at radius 3 is 2.84 bits per heavy atom. The molecular weight excluding hydrogens is 324 g/mol. The lowest BCUT2D eigenvalue weighted by molar-refractivity contribution is 0.102. The van der Waals surface area contributed by atoms with Gasteiger partial charge in [-0.3, -0.25) is 9.78 Å². The van der Waals surface area contributed by atoms with Gasteiger partial charge in [0.25, 0.3) is 5.91 Å². The molecule has 1 unspecified atom stereocenters. The topological polar surface area (TPSA) is 45.2 Å². The molecule has 0 saturated carbocycles. The Morgan fingerprint density at radius 2 is 2.08 bits per heavy atom. The third-order valence-corrected chi connectivity index (χ3v) is 4.58. The van der Waals surface area contributed by atoms with E-state index in [1.165, 1.54) is 12.5 Å². The fourth-order valence-corrected chi connectivity index (χ4v) is 3.26. The number of nitrogens with zero attached hydrogens (tertiary/aromatic N) is 2. The Morgan fingerprint density at radius 1 is 1.24 bits per heavy atom. The van der Waals surface area contributed by atoms with Gasteiger partial charge in [-0.15, -0.1) is 0 Å². The van der Waals surface area contributed by atoms with Crippen LogP contribution in [0.25, 0.3) is 0 Å². The molecule has 2 aromatic rings. The summed E-state index contributed by atoms with van der Waals surface area (Å²) in [6.07, 6.45) is 6.17. The minimum absolute atomic E-state index is 0.195. The van der Waals surface area contributed by atoms with E-state index < -0.39 is 17.5 Å². The van der Waals surface area contributed by atoms with Gasteiger partial charge in [-0.2, -0.15) is 0 Å². The van der Waals surface area contributed by atoms with E-state index in [0.29, 0.717) is 6.04 Å². The molecule has 0 radical (unpaired) electrons. The molecule has 132 valence electrons. The van der Waals surface area contributed by atoms with Crippen LogP contribution in [0.2, 0.25) is 0 Å². The maximum absolute atomic E-state index is 13.3. The molecular formula is C19H21F2N3O. The molecule has 6 heteroatoms. The fraction of sp³-hybridized carbons (Fsp3) is 0.368. The van der Waals surface area contributed by atoms with Crippen LogP contribution in [-0.2, 0) is 0 Å². The summed E-state index contributed by atoms with van der Waals surface area (Å²) in [5.41, 5.74) is 1.42. The molecule has 1 saturated heterocycles. The summed E-state index contributed by atoms with van der Waals surface area (Å²) in [6, 6.07) is 7.38. The summed E-state index contributed by atoms with van der Waals surface area (Å²) >= 11 is 0. The number of benzene rings is 1. The lowest BCUT2D eigenvalue weighted by atomic mass is 9.99. The second-order valence-electron chi connectivity index (χ2n) is 6.23. The number of aromatic nitrogens is 1. The van der Waals surface area contributed by atoms with Crippen LogP contribution in [0.4, 0.5) is 20.2 Å². The SMILES string of the molecule is CCC1CCCCN1c1ccnc(C(=O)Nc2ccc(F)c(F)c2)c1.